The Labute approximate surface area is 111 Å². The molecule has 1 N–H and O–H groups in total. The first-order chi connectivity index (χ1) is 8.79. The Morgan fingerprint density at radius 3 is 2.83 bits per heavy atom. The van der Waals surface area contributed by atoms with Crippen molar-refractivity contribution in [3.05, 3.63) is 29.3 Å². The zero-order valence-corrected chi connectivity index (χ0v) is 11.7. The highest BCUT2D eigenvalue weighted by molar-refractivity contribution is 5.37. The van der Waals surface area contributed by atoms with Crippen LogP contribution in [0.15, 0.2) is 18.2 Å². The van der Waals surface area contributed by atoms with Crippen molar-refractivity contribution < 1.29 is 4.74 Å². The highest BCUT2D eigenvalue weighted by Crippen LogP contribution is 2.22. The maximum Gasteiger partial charge on any atom is 0.122 e. The van der Waals surface area contributed by atoms with Crippen molar-refractivity contribution in [2.75, 3.05) is 13.2 Å². The van der Waals surface area contributed by atoms with Crippen molar-refractivity contribution in [2.24, 2.45) is 0 Å². The van der Waals surface area contributed by atoms with Gasteiger partial charge in [-0.2, -0.15) is 0 Å². The lowest BCUT2D eigenvalue weighted by Crippen LogP contribution is -2.17. The molecular weight excluding hydrogens is 222 g/mol. The summed E-state index contributed by atoms with van der Waals surface area (Å²) in [6.07, 6.45) is 6.39. The molecule has 100 valence electrons. The minimum absolute atomic E-state index is 0.749. The normalized spacial score (nSPS) is 14.8. The molecule has 0 radical (unpaired) electrons. The van der Waals surface area contributed by atoms with Crippen LogP contribution in [-0.2, 0) is 6.42 Å². The van der Waals surface area contributed by atoms with Gasteiger partial charge >= 0.3 is 0 Å². The van der Waals surface area contributed by atoms with Crippen LogP contribution in [0.2, 0.25) is 0 Å². The number of unbranched alkanes of at least 4 members (excludes halogenated alkanes) is 1. The highest BCUT2D eigenvalue weighted by Gasteiger charge is 2.19. The number of rotatable bonds is 8. The Hall–Kier alpha value is -1.02. The van der Waals surface area contributed by atoms with Crippen LogP contribution in [-0.4, -0.2) is 19.2 Å². The summed E-state index contributed by atoms with van der Waals surface area (Å²) < 4.78 is 5.68. The third kappa shape index (κ3) is 4.34. The van der Waals surface area contributed by atoms with Crippen molar-refractivity contribution in [3.8, 4) is 5.75 Å². The van der Waals surface area contributed by atoms with Gasteiger partial charge in [-0.3, -0.25) is 0 Å². The molecule has 2 nitrogen and oxygen atoms in total. The van der Waals surface area contributed by atoms with Gasteiger partial charge < -0.3 is 10.1 Å². The van der Waals surface area contributed by atoms with Gasteiger partial charge in [-0.15, -0.1) is 0 Å². The van der Waals surface area contributed by atoms with E-state index < -0.39 is 0 Å². The molecule has 18 heavy (non-hydrogen) atoms. The minimum Gasteiger partial charge on any atom is -0.494 e. The van der Waals surface area contributed by atoms with Gasteiger partial charge in [0.2, 0.25) is 0 Å². The summed E-state index contributed by atoms with van der Waals surface area (Å²) in [6.45, 7) is 6.11. The van der Waals surface area contributed by atoms with Crippen LogP contribution < -0.4 is 10.1 Å². The summed E-state index contributed by atoms with van der Waals surface area (Å²) in [4.78, 5) is 0. The SMILES string of the molecule is CCOc1ccc(C)cc1CCCCNC1CC1. The predicted molar refractivity (Wildman–Crippen MR) is 76.3 cm³/mol. The van der Waals surface area contributed by atoms with E-state index in [4.69, 9.17) is 4.74 Å². The molecule has 0 heterocycles. The molecular formula is C16H25NO. The molecule has 0 aliphatic heterocycles. The Morgan fingerprint density at radius 1 is 1.28 bits per heavy atom. The van der Waals surface area contributed by atoms with Crippen molar-refractivity contribution in [3.63, 3.8) is 0 Å². The molecule has 1 saturated carbocycles. The quantitative estimate of drug-likeness (QED) is 0.710. The van der Waals surface area contributed by atoms with Crippen LogP contribution in [0.25, 0.3) is 0 Å². The second kappa shape index (κ2) is 6.79. The van der Waals surface area contributed by atoms with E-state index in [1.54, 1.807) is 0 Å². The number of ether oxygens (including phenoxy) is 1. The fourth-order valence-corrected chi connectivity index (χ4v) is 2.23. The lowest BCUT2D eigenvalue weighted by molar-refractivity contribution is 0.336. The van der Waals surface area contributed by atoms with Crippen molar-refractivity contribution in [1.29, 1.82) is 0 Å². The second-order valence-corrected chi connectivity index (χ2v) is 5.23. The van der Waals surface area contributed by atoms with E-state index in [1.807, 2.05) is 6.92 Å². The molecule has 1 aromatic carbocycles. The topological polar surface area (TPSA) is 21.3 Å². The van der Waals surface area contributed by atoms with Gasteiger partial charge in [0, 0.05) is 6.04 Å². The van der Waals surface area contributed by atoms with Gasteiger partial charge in [0.15, 0.2) is 0 Å². The van der Waals surface area contributed by atoms with Gasteiger partial charge in [-0.25, -0.2) is 0 Å². The Morgan fingerprint density at radius 2 is 2.11 bits per heavy atom. The number of hydrogen-bond donors (Lipinski definition) is 1. The van der Waals surface area contributed by atoms with E-state index in [-0.39, 0.29) is 0 Å². The van der Waals surface area contributed by atoms with E-state index in [2.05, 4.69) is 30.4 Å². The molecule has 0 bridgehead atoms. The molecule has 0 unspecified atom stereocenters. The summed E-state index contributed by atoms with van der Waals surface area (Å²) in [6, 6.07) is 7.34. The Balaban J connectivity index is 1.76. The number of nitrogens with one attached hydrogen (secondary N) is 1. The van der Waals surface area contributed by atoms with E-state index >= 15 is 0 Å². The largest absolute Gasteiger partial charge is 0.494 e. The number of aryl methyl sites for hydroxylation is 2. The summed E-state index contributed by atoms with van der Waals surface area (Å²) in [5, 5.41) is 3.56. The highest BCUT2D eigenvalue weighted by atomic mass is 16.5. The fraction of sp³-hybridized carbons (Fsp3) is 0.625. The average molecular weight is 247 g/mol. The number of hydrogen-bond acceptors (Lipinski definition) is 2. The maximum absolute atomic E-state index is 5.68. The molecule has 2 rings (SSSR count). The van der Waals surface area contributed by atoms with Gasteiger partial charge in [0.1, 0.15) is 5.75 Å². The standard InChI is InChI=1S/C16H25NO/c1-3-18-16-10-7-13(2)12-14(16)6-4-5-11-17-15-8-9-15/h7,10,12,15,17H,3-6,8-9,11H2,1-2H3. The summed E-state index contributed by atoms with van der Waals surface area (Å²) in [5.74, 6) is 1.07. The van der Waals surface area contributed by atoms with Crippen LogP contribution in [0.4, 0.5) is 0 Å². The van der Waals surface area contributed by atoms with Crippen molar-refractivity contribution >= 4 is 0 Å². The zero-order chi connectivity index (χ0) is 12.8. The molecule has 2 heteroatoms. The van der Waals surface area contributed by atoms with Gasteiger partial charge in [-0.05, 0) is 64.1 Å². The van der Waals surface area contributed by atoms with E-state index in [0.29, 0.717) is 0 Å². The van der Waals surface area contributed by atoms with Gasteiger partial charge in [0.05, 0.1) is 6.61 Å². The zero-order valence-electron chi connectivity index (χ0n) is 11.7. The van der Waals surface area contributed by atoms with Crippen LogP contribution >= 0.6 is 0 Å². The molecule has 0 saturated heterocycles. The molecule has 0 spiro atoms. The first kappa shape index (κ1) is 13.4. The fourth-order valence-electron chi connectivity index (χ4n) is 2.23. The first-order valence-electron chi connectivity index (χ1n) is 7.25. The third-order valence-electron chi connectivity index (χ3n) is 3.40. The molecule has 1 aliphatic carbocycles. The molecule has 0 amide bonds. The third-order valence-corrected chi connectivity index (χ3v) is 3.40. The lowest BCUT2D eigenvalue weighted by atomic mass is 10.0. The minimum atomic E-state index is 0.749. The van der Waals surface area contributed by atoms with Crippen LogP contribution in [0, 0.1) is 6.92 Å². The van der Waals surface area contributed by atoms with E-state index in [1.165, 1.54) is 43.4 Å². The maximum atomic E-state index is 5.68. The van der Waals surface area contributed by atoms with Gasteiger partial charge in [0.25, 0.3) is 0 Å². The number of benzene rings is 1. The summed E-state index contributed by atoms with van der Waals surface area (Å²) in [7, 11) is 0. The van der Waals surface area contributed by atoms with Crippen LogP contribution in [0.5, 0.6) is 5.75 Å². The Kier molecular flexibility index (Phi) is 5.06. The molecule has 1 fully saturated rings. The smallest absolute Gasteiger partial charge is 0.122 e. The van der Waals surface area contributed by atoms with Gasteiger partial charge in [-0.1, -0.05) is 17.7 Å². The average Bonchev–Trinajstić information content (AvgIpc) is 3.16. The van der Waals surface area contributed by atoms with E-state index in [9.17, 15) is 0 Å². The lowest BCUT2D eigenvalue weighted by Gasteiger charge is -2.11. The van der Waals surface area contributed by atoms with Crippen LogP contribution in [0.3, 0.4) is 0 Å². The van der Waals surface area contributed by atoms with Crippen LogP contribution in [0.1, 0.15) is 43.7 Å². The molecule has 1 aromatic rings. The second-order valence-electron chi connectivity index (χ2n) is 5.23. The predicted octanol–water partition coefficient (Wildman–Crippen LogP) is 3.47. The molecule has 0 aromatic heterocycles. The van der Waals surface area contributed by atoms with Crippen molar-refractivity contribution in [2.45, 2.75) is 52.0 Å². The Bertz CT molecular complexity index is 371. The molecule has 1 aliphatic rings. The van der Waals surface area contributed by atoms with Crippen molar-refractivity contribution in [1.82, 2.24) is 5.32 Å². The first-order valence-corrected chi connectivity index (χ1v) is 7.25. The summed E-state index contributed by atoms with van der Waals surface area (Å²) in [5.41, 5.74) is 2.69. The monoisotopic (exact) mass is 247 g/mol. The van der Waals surface area contributed by atoms with E-state index in [0.717, 1.165) is 24.8 Å². The summed E-state index contributed by atoms with van der Waals surface area (Å²) >= 11 is 0. The molecule has 0 atom stereocenters.